The maximum Gasteiger partial charge on any atom is 0.325 e. The van der Waals surface area contributed by atoms with Gasteiger partial charge < -0.3 is 14.2 Å². The van der Waals surface area contributed by atoms with Gasteiger partial charge in [0.05, 0.1) is 26.2 Å². The third-order valence-corrected chi connectivity index (χ3v) is 4.30. The van der Waals surface area contributed by atoms with Crippen molar-refractivity contribution in [2.24, 2.45) is 23.2 Å². The molecule has 3 atom stereocenters. The third-order valence-electron chi connectivity index (χ3n) is 4.30. The predicted molar refractivity (Wildman–Crippen MR) is 71.9 cm³/mol. The van der Waals surface area contributed by atoms with Crippen LogP contribution in [0.25, 0.3) is 0 Å². The fourth-order valence-electron chi connectivity index (χ4n) is 3.51. The molecule has 2 bridgehead atoms. The summed E-state index contributed by atoms with van der Waals surface area (Å²) < 4.78 is 15.0. The molecule has 0 N–H and O–H groups in total. The fraction of sp³-hybridized carbons (Fsp3) is 0.667. The fourth-order valence-corrected chi connectivity index (χ4v) is 3.51. The molecular formula is C15H20O6. The zero-order chi connectivity index (χ0) is 15.6. The molecule has 0 aromatic rings. The Labute approximate surface area is 123 Å². The summed E-state index contributed by atoms with van der Waals surface area (Å²) in [7, 11) is 1.25. The monoisotopic (exact) mass is 296 g/mol. The van der Waals surface area contributed by atoms with Crippen molar-refractivity contribution in [3.63, 3.8) is 0 Å². The molecule has 0 spiro atoms. The smallest absolute Gasteiger partial charge is 0.325 e. The Kier molecular flexibility index (Phi) is 4.34. The SMILES string of the molecule is CCOC(=O)C1(C(=O)OCC)C2C=CC(C2)C1C(=O)OC. The number of ether oxygens (including phenoxy) is 3. The van der Waals surface area contributed by atoms with E-state index in [-0.39, 0.29) is 25.0 Å². The van der Waals surface area contributed by atoms with Crippen molar-refractivity contribution in [1.29, 1.82) is 0 Å². The summed E-state index contributed by atoms with van der Waals surface area (Å²) in [4.78, 5) is 37.2. The van der Waals surface area contributed by atoms with E-state index in [9.17, 15) is 14.4 Å². The first-order chi connectivity index (χ1) is 10.0. The highest BCUT2D eigenvalue weighted by molar-refractivity contribution is 6.05. The lowest BCUT2D eigenvalue weighted by atomic mass is 9.68. The van der Waals surface area contributed by atoms with Crippen LogP contribution in [0.5, 0.6) is 0 Å². The van der Waals surface area contributed by atoms with Gasteiger partial charge in [0.1, 0.15) is 0 Å². The molecule has 0 aromatic carbocycles. The molecule has 1 saturated carbocycles. The quantitative estimate of drug-likeness (QED) is 0.327. The third kappa shape index (κ3) is 2.13. The second-order valence-electron chi connectivity index (χ2n) is 5.20. The van der Waals surface area contributed by atoms with Gasteiger partial charge in [0, 0.05) is 5.92 Å². The lowest BCUT2D eigenvalue weighted by molar-refractivity contribution is -0.184. The van der Waals surface area contributed by atoms with Crippen LogP contribution in [0.15, 0.2) is 12.2 Å². The van der Waals surface area contributed by atoms with Gasteiger partial charge in [-0.2, -0.15) is 0 Å². The second-order valence-corrected chi connectivity index (χ2v) is 5.20. The largest absolute Gasteiger partial charge is 0.469 e. The molecule has 2 aliphatic rings. The van der Waals surface area contributed by atoms with Gasteiger partial charge in [-0.3, -0.25) is 14.4 Å². The number of rotatable bonds is 5. The van der Waals surface area contributed by atoms with Gasteiger partial charge in [0.2, 0.25) is 0 Å². The van der Waals surface area contributed by atoms with E-state index in [0.29, 0.717) is 6.42 Å². The number of fused-ring (bicyclic) bond motifs is 2. The lowest BCUT2D eigenvalue weighted by Gasteiger charge is -2.35. The number of carbonyl (C=O) groups excluding carboxylic acids is 3. The molecule has 0 amide bonds. The Hall–Kier alpha value is -1.85. The average molecular weight is 296 g/mol. The molecule has 21 heavy (non-hydrogen) atoms. The normalized spacial score (nSPS) is 28.2. The van der Waals surface area contributed by atoms with Crippen molar-refractivity contribution < 1.29 is 28.6 Å². The maximum atomic E-state index is 12.5. The van der Waals surface area contributed by atoms with Crippen molar-refractivity contribution >= 4 is 17.9 Å². The van der Waals surface area contributed by atoms with Gasteiger partial charge in [-0.25, -0.2) is 0 Å². The van der Waals surface area contributed by atoms with Crippen molar-refractivity contribution in [2.45, 2.75) is 20.3 Å². The van der Waals surface area contributed by atoms with E-state index in [1.165, 1.54) is 7.11 Å². The van der Waals surface area contributed by atoms with Gasteiger partial charge in [-0.1, -0.05) is 12.2 Å². The number of hydrogen-bond acceptors (Lipinski definition) is 6. The summed E-state index contributed by atoms with van der Waals surface area (Å²) in [5, 5.41) is 0. The first kappa shape index (κ1) is 15.5. The van der Waals surface area contributed by atoms with Gasteiger partial charge >= 0.3 is 17.9 Å². The standard InChI is InChI=1S/C15H20O6/c1-4-20-13(17)15(14(18)21-5-2)10-7-6-9(8-10)11(15)12(16)19-3/h6-7,9-11H,4-5,8H2,1-3H3. The number of esters is 3. The number of methoxy groups -OCH3 is 1. The molecule has 2 aliphatic carbocycles. The van der Waals surface area contributed by atoms with Crippen molar-refractivity contribution in [3.05, 3.63) is 12.2 Å². The molecule has 116 valence electrons. The molecule has 0 radical (unpaired) electrons. The summed E-state index contributed by atoms with van der Waals surface area (Å²) in [6.45, 7) is 3.59. The highest BCUT2D eigenvalue weighted by atomic mass is 16.6. The number of hydrogen-bond donors (Lipinski definition) is 0. The minimum absolute atomic E-state index is 0.134. The molecule has 0 aromatic heterocycles. The van der Waals surface area contributed by atoms with Crippen LogP contribution in [-0.2, 0) is 28.6 Å². The Morgan fingerprint density at radius 1 is 1.10 bits per heavy atom. The molecule has 1 fully saturated rings. The molecule has 2 rings (SSSR count). The van der Waals surface area contributed by atoms with Crippen LogP contribution in [0.1, 0.15) is 20.3 Å². The molecule has 0 aliphatic heterocycles. The maximum absolute atomic E-state index is 12.5. The summed E-state index contributed by atoms with van der Waals surface area (Å²) in [5.41, 5.74) is -1.61. The van der Waals surface area contributed by atoms with E-state index in [0.717, 1.165) is 0 Å². The van der Waals surface area contributed by atoms with Crippen LogP contribution in [0.3, 0.4) is 0 Å². The minimum Gasteiger partial charge on any atom is -0.469 e. The van der Waals surface area contributed by atoms with Crippen molar-refractivity contribution in [2.75, 3.05) is 20.3 Å². The Morgan fingerprint density at radius 2 is 1.67 bits per heavy atom. The summed E-state index contributed by atoms with van der Waals surface area (Å²) in [6, 6.07) is 0. The topological polar surface area (TPSA) is 78.9 Å². The van der Waals surface area contributed by atoms with E-state index >= 15 is 0 Å². The lowest BCUT2D eigenvalue weighted by Crippen LogP contribution is -2.53. The van der Waals surface area contributed by atoms with Crippen LogP contribution >= 0.6 is 0 Å². The summed E-state index contributed by atoms with van der Waals surface area (Å²) in [5.74, 6) is -3.43. The first-order valence-electron chi connectivity index (χ1n) is 7.14. The van der Waals surface area contributed by atoms with Crippen LogP contribution in [0, 0.1) is 23.2 Å². The van der Waals surface area contributed by atoms with E-state index in [4.69, 9.17) is 14.2 Å². The van der Waals surface area contributed by atoms with E-state index in [1.54, 1.807) is 19.9 Å². The average Bonchev–Trinajstić information content (AvgIpc) is 3.06. The minimum atomic E-state index is -1.61. The van der Waals surface area contributed by atoms with E-state index < -0.39 is 29.2 Å². The molecular weight excluding hydrogens is 276 g/mol. The van der Waals surface area contributed by atoms with E-state index in [1.807, 2.05) is 6.08 Å². The molecule has 0 saturated heterocycles. The van der Waals surface area contributed by atoms with Gasteiger partial charge in [-0.05, 0) is 26.2 Å². The Morgan fingerprint density at radius 3 is 2.14 bits per heavy atom. The van der Waals surface area contributed by atoms with Crippen LogP contribution < -0.4 is 0 Å². The zero-order valence-corrected chi connectivity index (χ0v) is 12.5. The number of carbonyl (C=O) groups is 3. The summed E-state index contributed by atoms with van der Waals surface area (Å²) in [6.07, 6.45) is 4.22. The Bertz CT molecular complexity index is 463. The molecule has 6 nitrogen and oxygen atoms in total. The van der Waals surface area contributed by atoms with Crippen LogP contribution in [0.4, 0.5) is 0 Å². The van der Waals surface area contributed by atoms with Crippen LogP contribution in [0.2, 0.25) is 0 Å². The number of allylic oxidation sites excluding steroid dienone is 2. The molecule has 3 unspecified atom stereocenters. The zero-order valence-electron chi connectivity index (χ0n) is 12.5. The van der Waals surface area contributed by atoms with Crippen molar-refractivity contribution in [1.82, 2.24) is 0 Å². The predicted octanol–water partition coefficient (Wildman–Crippen LogP) is 1.09. The molecule has 6 heteroatoms. The first-order valence-corrected chi connectivity index (χ1v) is 7.14. The Balaban J connectivity index is 2.51. The van der Waals surface area contributed by atoms with Crippen molar-refractivity contribution in [3.8, 4) is 0 Å². The van der Waals surface area contributed by atoms with Gasteiger partial charge in [0.15, 0.2) is 5.41 Å². The van der Waals surface area contributed by atoms with E-state index in [2.05, 4.69) is 0 Å². The highest BCUT2D eigenvalue weighted by Crippen LogP contribution is 2.58. The van der Waals surface area contributed by atoms with Gasteiger partial charge in [-0.15, -0.1) is 0 Å². The second kappa shape index (κ2) is 5.87. The van der Waals surface area contributed by atoms with Gasteiger partial charge in [0.25, 0.3) is 0 Å². The van der Waals surface area contributed by atoms with Crippen LogP contribution in [-0.4, -0.2) is 38.2 Å². The highest BCUT2D eigenvalue weighted by Gasteiger charge is 2.69. The summed E-state index contributed by atoms with van der Waals surface area (Å²) >= 11 is 0. The molecule has 0 heterocycles.